The third-order valence-corrected chi connectivity index (χ3v) is 4.40. The molecule has 0 radical (unpaired) electrons. The molecule has 1 aromatic heterocycles. The van der Waals surface area contributed by atoms with Gasteiger partial charge in [-0.1, -0.05) is 36.7 Å². The van der Waals surface area contributed by atoms with Crippen LogP contribution in [0, 0.1) is 0 Å². The highest BCUT2D eigenvalue weighted by molar-refractivity contribution is 7.10. The van der Waals surface area contributed by atoms with E-state index in [1.54, 1.807) is 24.3 Å². The molecule has 0 fully saturated rings. The topological polar surface area (TPSA) is 38.3 Å². The van der Waals surface area contributed by atoms with E-state index in [0.717, 1.165) is 4.88 Å². The largest absolute Gasteiger partial charge is 0.423 e. The van der Waals surface area contributed by atoms with Gasteiger partial charge < -0.3 is 4.74 Å². The number of para-hydroxylation sites is 1. The van der Waals surface area contributed by atoms with Crippen molar-refractivity contribution in [3.63, 3.8) is 0 Å². The van der Waals surface area contributed by atoms with E-state index in [0.29, 0.717) is 17.3 Å². The second kappa shape index (κ2) is 6.39. The summed E-state index contributed by atoms with van der Waals surface area (Å²) >= 11 is 7.54. The number of hydrogen-bond acceptors (Lipinski definition) is 4. The number of nitrogens with one attached hydrogen (secondary N) is 1. The lowest BCUT2D eigenvalue weighted by Gasteiger charge is -2.27. The Balaban J connectivity index is 2.27. The molecule has 0 amide bonds. The maximum Gasteiger partial charge on any atom is 0.336 e. The molecule has 1 unspecified atom stereocenters. The summed E-state index contributed by atoms with van der Waals surface area (Å²) in [5.74, 6) is 0.00903. The molecule has 1 heterocycles. The lowest BCUT2D eigenvalue weighted by Crippen LogP contribution is -2.48. The van der Waals surface area contributed by atoms with Crippen LogP contribution in [-0.4, -0.2) is 12.5 Å². The van der Waals surface area contributed by atoms with Gasteiger partial charge in [0.25, 0.3) is 0 Å². The summed E-state index contributed by atoms with van der Waals surface area (Å²) in [4.78, 5) is 13.5. The number of likely N-dealkylation sites (N-methyl/N-ethyl adjacent to an activating group) is 1. The van der Waals surface area contributed by atoms with Gasteiger partial charge in [0.2, 0.25) is 0 Å². The summed E-state index contributed by atoms with van der Waals surface area (Å²) < 4.78 is 5.46. The highest BCUT2D eigenvalue weighted by Crippen LogP contribution is 2.30. The zero-order valence-corrected chi connectivity index (χ0v) is 12.9. The fourth-order valence-electron chi connectivity index (χ4n) is 1.91. The second-order valence-corrected chi connectivity index (χ2v) is 5.81. The normalized spacial score (nSPS) is 13.8. The average Bonchev–Trinajstić information content (AvgIpc) is 2.96. The number of hydrogen-bond donors (Lipinski definition) is 1. The fourth-order valence-corrected chi connectivity index (χ4v) is 2.93. The van der Waals surface area contributed by atoms with E-state index in [4.69, 9.17) is 16.3 Å². The highest BCUT2D eigenvalue weighted by Gasteiger charge is 2.37. The molecular formula is C15H16ClNO2S. The first-order valence-corrected chi connectivity index (χ1v) is 7.59. The highest BCUT2D eigenvalue weighted by atomic mass is 35.5. The van der Waals surface area contributed by atoms with Gasteiger partial charge in [-0.05, 0) is 37.0 Å². The lowest BCUT2D eigenvalue weighted by atomic mass is 10.0. The van der Waals surface area contributed by atoms with Crippen molar-refractivity contribution >= 4 is 28.9 Å². The van der Waals surface area contributed by atoms with Crippen LogP contribution in [0.15, 0.2) is 41.8 Å². The molecule has 0 aliphatic heterocycles. The van der Waals surface area contributed by atoms with Gasteiger partial charge in [-0.2, -0.15) is 0 Å². The van der Waals surface area contributed by atoms with Crippen molar-refractivity contribution in [1.82, 2.24) is 5.32 Å². The van der Waals surface area contributed by atoms with Crippen LogP contribution in [0.4, 0.5) is 0 Å². The Kier molecular flexibility index (Phi) is 4.81. The molecular weight excluding hydrogens is 294 g/mol. The Morgan fingerprint density at radius 3 is 2.70 bits per heavy atom. The number of ether oxygens (including phenoxy) is 1. The summed E-state index contributed by atoms with van der Waals surface area (Å²) in [5, 5.41) is 5.55. The van der Waals surface area contributed by atoms with Gasteiger partial charge >= 0.3 is 5.97 Å². The van der Waals surface area contributed by atoms with Gasteiger partial charge in [-0.15, -0.1) is 11.3 Å². The van der Waals surface area contributed by atoms with Crippen LogP contribution in [0.25, 0.3) is 0 Å². The third kappa shape index (κ3) is 3.03. The molecule has 1 atom stereocenters. The molecule has 106 valence electrons. The molecule has 5 heteroatoms. The van der Waals surface area contributed by atoms with Gasteiger partial charge in [0, 0.05) is 4.88 Å². The quantitative estimate of drug-likeness (QED) is 0.674. The molecule has 0 aliphatic rings. The van der Waals surface area contributed by atoms with Crippen molar-refractivity contribution < 1.29 is 9.53 Å². The molecule has 0 bridgehead atoms. The van der Waals surface area contributed by atoms with Crippen LogP contribution in [0.5, 0.6) is 5.75 Å². The SMILES string of the molecule is CCNC(C)(C(=O)Oc1ccccc1Cl)c1cccs1. The van der Waals surface area contributed by atoms with Crippen LogP contribution in [-0.2, 0) is 10.3 Å². The van der Waals surface area contributed by atoms with E-state index in [1.807, 2.05) is 31.4 Å². The van der Waals surface area contributed by atoms with Gasteiger partial charge in [-0.3, -0.25) is 5.32 Å². The summed E-state index contributed by atoms with van der Waals surface area (Å²) in [6, 6.07) is 10.8. The molecule has 20 heavy (non-hydrogen) atoms. The van der Waals surface area contributed by atoms with Crippen molar-refractivity contribution in [2.75, 3.05) is 6.54 Å². The zero-order chi connectivity index (χ0) is 14.6. The van der Waals surface area contributed by atoms with Crippen LogP contribution in [0.3, 0.4) is 0 Å². The Morgan fingerprint density at radius 2 is 2.10 bits per heavy atom. The van der Waals surface area contributed by atoms with E-state index < -0.39 is 5.54 Å². The first-order chi connectivity index (χ1) is 9.58. The Bertz CT molecular complexity index is 585. The van der Waals surface area contributed by atoms with Gasteiger partial charge in [0.05, 0.1) is 5.02 Å². The number of carbonyl (C=O) groups is 1. The molecule has 2 aromatic rings. The fraction of sp³-hybridized carbons (Fsp3) is 0.267. The number of carbonyl (C=O) groups excluding carboxylic acids is 1. The predicted molar refractivity (Wildman–Crippen MR) is 82.4 cm³/mol. The zero-order valence-electron chi connectivity index (χ0n) is 11.4. The Morgan fingerprint density at radius 1 is 1.35 bits per heavy atom. The summed E-state index contributed by atoms with van der Waals surface area (Å²) in [6.07, 6.45) is 0. The molecule has 3 nitrogen and oxygen atoms in total. The number of halogens is 1. The first-order valence-electron chi connectivity index (χ1n) is 6.33. The molecule has 0 spiro atoms. The van der Waals surface area contributed by atoms with Crippen LogP contribution in [0.2, 0.25) is 5.02 Å². The number of esters is 1. The summed E-state index contributed by atoms with van der Waals surface area (Å²) in [7, 11) is 0. The van der Waals surface area contributed by atoms with Crippen molar-refractivity contribution in [3.8, 4) is 5.75 Å². The predicted octanol–water partition coefficient (Wildman–Crippen LogP) is 3.83. The van der Waals surface area contributed by atoms with Crippen molar-refractivity contribution in [3.05, 3.63) is 51.7 Å². The number of rotatable bonds is 5. The average molecular weight is 310 g/mol. The first kappa shape index (κ1) is 15.0. The minimum Gasteiger partial charge on any atom is -0.423 e. The van der Waals surface area contributed by atoms with E-state index in [2.05, 4.69) is 5.32 Å². The molecule has 0 saturated heterocycles. The minimum absolute atomic E-state index is 0.366. The van der Waals surface area contributed by atoms with Gasteiger partial charge in [0.15, 0.2) is 0 Å². The second-order valence-electron chi connectivity index (χ2n) is 4.45. The molecule has 0 aliphatic carbocycles. The van der Waals surface area contributed by atoms with E-state index in [-0.39, 0.29) is 5.97 Å². The van der Waals surface area contributed by atoms with Crippen molar-refractivity contribution in [2.45, 2.75) is 19.4 Å². The standard InChI is InChI=1S/C15H16ClNO2S/c1-3-17-15(2,13-9-6-10-20-13)14(18)19-12-8-5-4-7-11(12)16/h4-10,17H,3H2,1-2H3. The maximum absolute atomic E-state index is 12.5. The molecule has 1 N–H and O–H groups in total. The third-order valence-electron chi connectivity index (χ3n) is 2.99. The number of benzene rings is 1. The Labute approximate surface area is 127 Å². The molecule has 0 saturated carbocycles. The van der Waals surface area contributed by atoms with Crippen LogP contribution in [0.1, 0.15) is 18.7 Å². The van der Waals surface area contributed by atoms with Crippen molar-refractivity contribution in [2.24, 2.45) is 0 Å². The van der Waals surface area contributed by atoms with E-state index in [1.165, 1.54) is 11.3 Å². The number of thiophene rings is 1. The summed E-state index contributed by atoms with van der Waals surface area (Å²) in [6.45, 7) is 4.43. The van der Waals surface area contributed by atoms with E-state index in [9.17, 15) is 4.79 Å². The monoisotopic (exact) mass is 309 g/mol. The smallest absolute Gasteiger partial charge is 0.336 e. The lowest BCUT2D eigenvalue weighted by molar-refractivity contribution is -0.141. The van der Waals surface area contributed by atoms with Crippen LogP contribution < -0.4 is 10.1 Å². The molecule has 1 aromatic carbocycles. The molecule has 2 rings (SSSR count). The maximum atomic E-state index is 12.5. The van der Waals surface area contributed by atoms with Gasteiger partial charge in [-0.25, -0.2) is 4.79 Å². The summed E-state index contributed by atoms with van der Waals surface area (Å²) in [5.41, 5.74) is -0.873. The van der Waals surface area contributed by atoms with Crippen LogP contribution >= 0.6 is 22.9 Å². The minimum atomic E-state index is -0.873. The Hall–Kier alpha value is -1.36. The van der Waals surface area contributed by atoms with Crippen molar-refractivity contribution in [1.29, 1.82) is 0 Å². The van der Waals surface area contributed by atoms with Gasteiger partial charge in [0.1, 0.15) is 11.3 Å². The van der Waals surface area contributed by atoms with E-state index >= 15 is 0 Å².